The van der Waals surface area contributed by atoms with Crippen molar-refractivity contribution in [1.29, 1.82) is 0 Å². The Morgan fingerprint density at radius 2 is 1.75 bits per heavy atom. The summed E-state index contributed by atoms with van der Waals surface area (Å²) in [6, 6.07) is 4.39. The molecule has 0 aliphatic carbocycles. The van der Waals surface area contributed by atoms with E-state index >= 15 is 0 Å². The van der Waals surface area contributed by atoms with E-state index in [-0.39, 0.29) is 4.90 Å². The maximum absolute atomic E-state index is 13.0. The lowest BCUT2D eigenvalue weighted by molar-refractivity contribution is 0.291. The van der Waals surface area contributed by atoms with Crippen LogP contribution in [0, 0.1) is 0 Å². The van der Waals surface area contributed by atoms with Crippen LogP contribution in [0.4, 0.5) is 3.89 Å². The van der Waals surface area contributed by atoms with Gasteiger partial charge in [0.1, 0.15) is 0 Å². The van der Waals surface area contributed by atoms with Crippen molar-refractivity contribution in [1.82, 2.24) is 4.31 Å². The molecule has 20 heavy (non-hydrogen) atoms. The Morgan fingerprint density at radius 3 is 2.25 bits per heavy atom. The molecule has 0 aromatic heterocycles. The summed E-state index contributed by atoms with van der Waals surface area (Å²) in [5.41, 5.74) is -0.524. The number of hydrogen-bond donors (Lipinski definition) is 0. The number of halogens is 1. The normalized spacial score (nSPS) is 20.1. The molecule has 0 radical (unpaired) electrons. The van der Waals surface area contributed by atoms with Crippen molar-refractivity contribution in [3.05, 3.63) is 24.3 Å². The van der Waals surface area contributed by atoms with E-state index in [4.69, 9.17) is 0 Å². The van der Waals surface area contributed by atoms with Gasteiger partial charge in [-0.2, -0.15) is 12.7 Å². The van der Waals surface area contributed by atoms with E-state index in [9.17, 15) is 20.7 Å². The van der Waals surface area contributed by atoms with Gasteiger partial charge in [-0.25, -0.2) is 8.42 Å². The summed E-state index contributed by atoms with van der Waals surface area (Å²) < 4.78 is 61.2. The Morgan fingerprint density at radius 1 is 1.15 bits per heavy atom. The van der Waals surface area contributed by atoms with E-state index in [1.54, 1.807) is 0 Å². The molecule has 0 bridgehead atoms. The fourth-order valence-corrected chi connectivity index (χ4v) is 4.92. The van der Waals surface area contributed by atoms with Crippen LogP contribution >= 0.6 is 0 Å². The summed E-state index contributed by atoms with van der Waals surface area (Å²) >= 11 is 0. The lowest BCUT2D eigenvalue weighted by Gasteiger charge is -2.30. The quantitative estimate of drug-likeness (QED) is 0.797. The van der Waals surface area contributed by atoms with Crippen LogP contribution < -0.4 is 0 Å². The SMILES string of the molecule is CC1(C)CCCN1S(=O)(=O)c1cccc(S(=O)(=O)F)c1. The van der Waals surface area contributed by atoms with Gasteiger partial charge in [0.15, 0.2) is 0 Å². The second-order valence-corrected chi connectivity index (χ2v) is 8.62. The molecule has 1 aromatic carbocycles. The van der Waals surface area contributed by atoms with E-state index in [0.29, 0.717) is 6.54 Å². The molecule has 0 spiro atoms. The van der Waals surface area contributed by atoms with Gasteiger partial charge in [0, 0.05) is 12.1 Å². The van der Waals surface area contributed by atoms with Crippen molar-refractivity contribution in [2.45, 2.75) is 42.0 Å². The Balaban J connectivity index is 2.51. The number of hydrogen-bond acceptors (Lipinski definition) is 4. The summed E-state index contributed by atoms with van der Waals surface area (Å²) in [6.45, 7) is 4.00. The molecule has 2 rings (SSSR count). The molecule has 5 nitrogen and oxygen atoms in total. The van der Waals surface area contributed by atoms with Gasteiger partial charge in [0.05, 0.1) is 9.79 Å². The van der Waals surface area contributed by atoms with Crippen molar-refractivity contribution in [2.24, 2.45) is 0 Å². The topological polar surface area (TPSA) is 71.5 Å². The molecule has 1 aromatic rings. The Bertz CT molecular complexity index is 726. The van der Waals surface area contributed by atoms with E-state index in [1.807, 2.05) is 13.8 Å². The van der Waals surface area contributed by atoms with Crippen LogP contribution in [0.3, 0.4) is 0 Å². The first kappa shape index (κ1) is 15.4. The molecule has 1 saturated heterocycles. The number of sulfonamides is 1. The summed E-state index contributed by atoms with van der Waals surface area (Å²) in [7, 11) is -8.75. The van der Waals surface area contributed by atoms with E-state index < -0.39 is 30.7 Å². The molecule has 0 N–H and O–H groups in total. The molecule has 1 aliphatic rings. The highest BCUT2D eigenvalue weighted by atomic mass is 32.3. The molecular weight excluding hydrogens is 305 g/mol. The fraction of sp³-hybridized carbons (Fsp3) is 0.500. The van der Waals surface area contributed by atoms with Crippen molar-refractivity contribution in [2.75, 3.05) is 6.54 Å². The molecule has 0 atom stereocenters. The minimum atomic E-state index is -4.92. The number of nitrogens with zero attached hydrogens (tertiary/aromatic N) is 1. The summed E-state index contributed by atoms with van der Waals surface area (Å²) in [6.07, 6.45) is 1.47. The maximum Gasteiger partial charge on any atom is 0.332 e. The Hall–Kier alpha value is -0.990. The largest absolute Gasteiger partial charge is 0.332 e. The zero-order chi connectivity index (χ0) is 15.2. The molecule has 1 fully saturated rings. The number of rotatable bonds is 3. The highest BCUT2D eigenvalue weighted by molar-refractivity contribution is 7.89. The minimum absolute atomic E-state index is 0.203. The zero-order valence-corrected chi connectivity index (χ0v) is 12.8. The van der Waals surface area contributed by atoms with E-state index in [1.165, 1.54) is 16.4 Å². The van der Waals surface area contributed by atoms with Crippen LogP contribution in [0.5, 0.6) is 0 Å². The third kappa shape index (κ3) is 2.72. The van der Waals surface area contributed by atoms with Crippen molar-refractivity contribution < 1.29 is 20.7 Å². The monoisotopic (exact) mass is 321 g/mol. The van der Waals surface area contributed by atoms with Crippen molar-refractivity contribution in [3.8, 4) is 0 Å². The minimum Gasteiger partial charge on any atom is -0.207 e. The van der Waals surface area contributed by atoms with Gasteiger partial charge in [0.2, 0.25) is 10.0 Å². The highest BCUT2D eigenvalue weighted by Gasteiger charge is 2.41. The van der Waals surface area contributed by atoms with Crippen molar-refractivity contribution >= 4 is 20.2 Å². The first-order chi connectivity index (χ1) is 9.05. The molecule has 1 heterocycles. The lowest BCUT2D eigenvalue weighted by Crippen LogP contribution is -2.42. The van der Waals surface area contributed by atoms with Crippen LogP contribution in [0.25, 0.3) is 0 Å². The summed E-state index contributed by atoms with van der Waals surface area (Å²) in [4.78, 5) is -0.846. The predicted octanol–water partition coefficient (Wildman–Crippen LogP) is 1.91. The highest BCUT2D eigenvalue weighted by Crippen LogP contribution is 2.34. The summed E-state index contributed by atoms with van der Waals surface area (Å²) in [5, 5.41) is 0. The van der Waals surface area contributed by atoms with Crippen LogP contribution in [-0.2, 0) is 20.2 Å². The van der Waals surface area contributed by atoms with Crippen LogP contribution in [0.2, 0.25) is 0 Å². The molecular formula is C12H16FNO4S2. The lowest BCUT2D eigenvalue weighted by atomic mass is 10.0. The first-order valence-corrected chi connectivity index (χ1v) is 8.95. The van der Waals surface area contributed by atoms with Gasteiger partial charge in [-0.05, 0) is 44.9 Å². The first-order valence-electron chi connectivity index (χ1n) is 6.13. The van der Waals surface area contributed by atoms with Gasteiger partial charge in [-0.15, -0.1) is 3.89 Å². The Kier molecular flexibility index (Phi) is 3.68. The van der Waals surface area contributed by atoms with Gasteiger partial charge in [-0.1, -0.05) is 6.07 Å². The second-order valence-electron chi connectivity index (χ2n) is 5.41. The van der Waals surface area contributed by atoms with Gasteiger partial charge in [0.25, 0.3) is 0 Å². The molecule has 112 valence electrons. The predicted molar refractivity (Wildman–Crippen MR) is 71.9 cm³/mol. The molecule has 0 unspecified atom stereocenters. The van der Waals surface area contributed by atoms with Crippen LogP contribution in [0.1, 0.15) is 26.7 Å². The average Bonchev–Trinajstić information content (AvgIpc) is 2.69. The molecule has 0 saturated carbocycles. The number of benzene rings is 1. The molecule has 1 aliphatic heterocycles. The van der Waals surface area contributed by atoms with E-state index in [2.05, 4.69) is 0 Å². The third-order valence-electron chi connectivity index (χ3n) is 3.50. The third-order valence-corrected chi connectivity index (χ3v) is 6.42. The Labute approximate surface area is 118 Å². The van der Waals surface area contributed by atoms with Crippen molar-refractivity contribution in [3.63, 3.8) is 0 Å². The maximum atomic E-state index is 13.0. The van der Waals surface area contributed by atoms with Gasteiger partial charge >= 0.3 is 10.2 Å². The van der Waals surface area contributed by atoms with E-state index in [0.717, 1.165) is 25.0 Å². The van der Waals surface area contributed by atoms with Crippen LogP contribution in [-0.4, -0.2) is 33.2 Å². The smallest absolute Gasteiger partial charge is 0.207 e. The summed E-state index contributed by atoms with van der Waals surface area (Å²) in [5.74, 6) is 0. The fourth-order valence-electron chi connectivity index (χ4n) is 2.44. The zero-order valence-electron chi connectivity index (χ0n) is 11.2. The molecule has 0 amide bonds. The second kappa shape index (κ2) is 4.78. The van der Waals surface area contributed by atoms with Gasteiger partial charge < -0.3 is 0 Å². The standard InChI is InChI=1S/C12H16FNO4S2/c1-12(2)7-4-8-14(12)20(17,18)11-6-3-5-10(9-11)19(13,15)16/h3,5-6,9H,4,7-8H2,1-2H3. The average molecular weight is 321 g/mol. The van der Waals surface area contributed by atoms with Crippen LogP contribution in [0.15, 0.2) is 34.1 Å². The molecule has 8 heteroatoms. The van der Waals surface area contributed by atoms with Gasteiger partial charge in [-0.3, -0.25) is 0 Å².